The predicted octanol–water partition coefficient (Wildman–Crippen LogP) is 1.02. The normalized spacial score (nSPS) is 15.0. The van der Waals surface area contributed by atoms with Gasteiger partial charge in [0, 0.05) is 31.3 Å². The van der Waals surface area contributed by atoms with Crippen LogP contribution in [-0.2, 0) is 16.1 Å². The van der Waals surface area contributed by atoms with Gasteiger partial charge in [-0.25, -0.2) is 0 Å². The molecule has 2 amide bonds. The predicted molar refractivity (Wildman–Crippen MR) is 111 cm³/mol. The molecular weight excluding hydrogens is 447 g/mol. The molecule has 1 saturated heterocycles. The molecule has 1 aliphatic rings. The van der Waals surface area contributed by atoms with Gasteiger partial charge < -0.3 is 20.1 Å². The second-order valence-electron chi connectivity index (χ2n) is 7.91. The van der Waals surface area contributed by atoms with Crippen molar-refractivity contribution in [3.05, 3.63) is 33.8 Å². The first-order valence-corrected chi connectivity index (χ1v) is 10.2. The Hall–Kier alpha value is -3.35. The topological polar surface area (TPSA) is 118 Å². The number of hydrogen-bond donors (Lipinski definition) is 2. The van der Waals surface area contributed by atoms with Crippen LogP contribution in [0.3, 0.4) is 0 Å². The third-order valence-electron chi connectivity index (χ3n) is 4.86. The molecule has 0 aliphatic carbocycles. The Kier molecular flexibility index (Phi) is 7.10. The minimum absolute atomic E-state index is 0.0741. The van der Waals surface area contributed by atoms with Gasteiger partial charge in [-0.15, -0.1) is 0 Å². The van der Waals surface area contributed by atoms with Gasteiger partial charge in [0.05, 0.1) is 19.4 Å². The molecule has 3 heterocycles. The number of aromatic hydroxyl groups is 1. The van der Waals surface area contributed by atoms with Crippen LogP contribution in [-0.4, -0.2) is 75.0 Å². The fraction of sp³-hybridized carbons (Fsp3) is 0.500. The second-order valence-corrected chi connectivity index (χ2v) is 7.91. The van der Waals surface area contributed by atoms with E-state index in [9.17, 15) is 32.7 Å². The maximum Gasteiger partial charge on any atom is 0.405 e. The highest BCUT2D eigenvalue weighted by Gasteiger charge is 2.31. The van der Waals surface area contributed by atoms with Gasteiger partial charge in [-0.3, -0.25) is 19.0 Å². The van der Waals surface area contributed by atoms with Gasteiger partial charge in [0.2, 0.25) is 11.8 Å². The summed E-state index contributed by atoms with van der Waals surface area (Å²) in [5.74, 6) is -2.50. The maximum atomic E-state index is 12.8. The smallest absolute Gasteiger partial charge is 0.405 e. The first-order chi connectivity index (χ1) is 15.5. The van der Waals surface area contributed by atoms with Crippen molar-refractivity contribution >= 4 is 23.5 Å². The quantitative estimate of drug-likeness (QED) is 0.608. The molecule has 0 aromatic carbocycles. The van der Waals surface area contributed by atoms with E-state index in [0.717, 1.165) is 4.52 Å². The standard InChI is InChI=1S/C20H24F3N5O5/c1-12(2)10-27-17-13(3-4-14(29)26-5-7-33-8-6-26)9-25-28(17)19(32)15(18(27)31)16(30)24-11-20(21,22)23/h3-4,9,12,31H,5-8,10-11H2,1-2H3,(H,24,30)/b4-3+. The summed E-state index contributed by atoms with van der Waals surface area (Å²) in [4.78, 5) is 39.1. The van der Waals surface area contributed by atoms with Crippen LogP contribution in [0.1, 0.15) is 29.8 Å². The lowest BCUT2D eigenvalue weighted by Crippen LogP contribution is -2.39. The minimum atomic E-state index is -4.69. The van der Waals surface area contributed by atoms with E-state index in [1.807, 2.05) is 13.8 Å². The fourth-order valence-corrected chi connectivity index (χ4v) is 3.38. The molecule has 1 fully saturated rings. The SMILES string of the molecule is CC(C)Cn1c(O)c(C(=O)NCC(F)(F)F)c(=O)n2ncc(/C=C/C(=O)N3CCOCC3)c12. The monoisotopic (exact) mass is 471 g/mol. The number of carbonyl (C=O) groups excluding carboxylic acids is 2. The molecule has 10 nitrogen and oxygen atoms in total. The highest BCUT2D eigenvalue weighted by Crippen LogP contribution is 2.23. The van der Waals surface area contributed by atoms with E-state index >= 15 is 0 Å². The molecule has 2 aromatic heterocycles. The number of morpholine rings is 1. The molecule has 180 valence electrons. The third kappa shape index (κ3) is 5.53. The van der Waals surface area contributed by atoms with Crippen LogP contribution in [0.5, 0.6) is 5.88 Å². The van der Waals surface area contributed by atoms with Gasteiger partial charge in [-0.1, -0.05) is 13.8 Å². The lowest BCUT2D eigenvalue weighted by atomic mass is 10.2. The summed E-state index contributed by atoms with van der Waals surface area (Å²) in [6, 6.07) is 0. The Morgan fingerprint density at radius 1 is 1.30 bits per heavy atom. The number of alkyl halides is 3. The second kappa shape index (κ2) is 9.65. The number of amides is 2. The number of nitrogens with one attached hydrogen (secondary N) is 1. The Labute approximate surface area is 186 Å². The van der Waals surface area contributed by atoms with Gasteiger partial charge in [0.1, 0.15) is 12.2 Å². The number of halogens is 3. The van der Waals surface area contributed by atoms with Gasteiger partial charge in [0.15, 0.2) is 5.56 Å². The van der Waals surface area contributed by atoms with Gasteiger partial charge in [-0.05, 0) is 12.0 Å². The summed E-state index contributed by atoms with van der Waals surface area (Å²) in [6.45, 7) is 3.81. The number of aromatic nitrogens is 3. The molecule has 0 bridgehead atoms. The lowest BCUT2D eigenvalue weighted by molar-refractivity contribution is -0.129. The Bertz CT molecular complexity index is 1130. The zero-order valence-corrected chi connectivity index (χ0v) is 18.1. The molecule has 2 N–H and O–H groups in total. The van der Waals surface area contributed by atoms with Crippen molar-refractivity contribution in [2.45, 2.75) is 26.6 Å². The molecule has 33 heavy (non-hydrogen) atoms. The lowest BCUT2D eigenvalue weighted by Gasteiger charge is -2.25. The summed E-state index contributed by atoms with van der Waals surface area (Å²) in [7, 11) is 0. The van der Waals surface area contributed by atoms with Crippen molar-refractivity contribution in [1.29, 1.82) is 0 Å². The Balaban J connectivity index is 2.04. The van der Waals surface area contributed by atoms with Crippen molar-refractivity contribution < 1.29 is 32.6 Å². The summed E-state index contributed by atoms with van der Waals surface area (Å²) in [5, 5.41) is 16.2. The van der Waals surface area contributed by atoms with E-state index in [2.05, 4.69) is 5.10 Å². The van der Waals surface area contributed by atoms with E-state index in [0.29, 0.717) is 31.9 Å². The van der Waals surface area contributed by atoms with Gasteiger partial charge in [0.25, 0.3) is 11.5 Å². The number of rotatable bonds is 6. The summed E-state index contributed by atoms with van der Waals surface area (Å²) >= 11 is 0. The van der Waals surface area contributed by atoms with Crippen LogP contribution in [0.25, 0.3) is 11.7 Å². The molecule has 0 spiro atoms. The van der Waals surface area contributed by atoms with Crippen LogP contribution in [0.15, 0.2) is 17.1 Å². The first-order valence-electron chi connectivity index (χ1n) is 10.2. The van der Waals surface area contributed by atoms with Crippen LogP contribution in [0.4, 0.5) is 13.2 Å². The molecular formula is C20H24F3N5O5. The van der Waals surface area contributed by atoms with Crippen molar-refractivity contribution in [1.82, 2.24) is 24.4 Å². The average Bonchev–Trinajstić information content (AvgIpc) is 3.18. The molecule has 0 saturated carbocycles. The molecule has 1 aliphatic heterocycles. The highest BCUT2D eigenvalue weighted by atomic mass is 19.4. The maximum absolute atomic E-state index is 12.8. The number of nitrogens with zero attached hydrogens (tertiary/aromatic N) is 4. The van der Waals surface area contributed by atoms with Crippen molar-refractivity contribution in [2.24, 2.45) is 5.92 Å². The van der Waals surface area contributed by atoms with Crippen LogP contribution < -0.4 is 10.9 Å². The molecule has 0 radical (unpaired) electrons. The van der Waals surface area contributed by atoms with Crippen LogP contribution in [0.2, 0.25) is 0 Å². The summed E-state index contributed by atoms with van der Waals surface area (Å²) in [5.41, 5.74) is -1.52. The van der Waals surface area contributed by atoms with E-state index in [-0.39, 0.29) is 24.0 Å². The van der Waals surface area contributed by atoms with E-state index < -0.39 is 35.6 Å². The van der Waals surface area contributed by atoms with E-state index in [1.54, 1.807) is 10.2 Å². The summed E-state index contributed by atoms with van der Waals surface area (Å²) < 4.78 is 44.8. The number of hydrogen-bond acceptors (Lipinski definition) is 6. The van der Waals surface area contributed by atoms with Gasteiger partial charge >= 0.3 is 6.18 Å². The molecule has 2 aromatic rings. The van der Waals surface area contributed by atoms with Gasteiger partial charge in [-0.2, -0.15) is 22.8 Å². The Morgan fingerprint density at radius 3 is 2.58 bits per heavy atom. The van der Waals surface area contributed by atoms with Crippen molar-refractivity contribution in [3.63, 3.8) is 0 Å². The first kappa shape index (κ1) is 24.3. The zero-order chi connectivity index (χ0) is 24.3. The molecule has 0 atom stereocenters. The molecule has 13 heteroatoms. The fourth-order valence-electron chi connectivity index (χ4n) is 3.38. The molecule has 3 rings (SSSR count). The largest absolute Gasteiger partial charge is 0.494 e. The zero-order valence-electron chi connectivity index (χ0n) is 18.1. The van der Waals surface area contributed by atoms with Crippen molar-refractivity contribution in [3.8, 4) is 5.88 Å². The Morgan fingerprint density at radius 2 is 1.97 bits per heavy atom. The number of ether oxygens (including phenoxy) is 1. The third-order valence-corrected chi connectivity index (χ3v) is 4.86. The highest BCUT2D eigenvalue weighted by molar-refractivity contribution is 5.97. The van der Waals surface area contributed by atoms with E-state index in [4.69, 9.17) is 4.74 Å². The summed E-state index contributed by atoms with van der Waals surface area (Å²) in [6.07, 6.45) is -0.691. The van der Waals surface area contributed by atoms with Crippen LogP contribution in [0, 0.1) is 5.92 Å². The molecule has 0 unspecified atom stereocenters. The minimum Gasteiger partial charge on any atom is -0.494 e. The number of fused-ring (bicyclic) bond motifs is 1. The van der Waals surface area contributed by atoms with Crippen molar-refractivity contribution in [2.75, 3.05) is 32.8 Å². The van der Waals surface area contributed by atoms with Crippen LogP contribution >= 0.6 is 0 Å². The van der Waals surface area contributed by atoms with E-state index in [1.165, 1.54) is 22.9 Å². The number of carbonyl (C=O) groups is 2. The average molecular weight is 471 g/mol.